The minimum Gasteiger partial charge on any atom is -0.454 e. The molecule has 1 saturated heterocycles. The number of amides is 2. The molecule has 202 valence electrons. The van der Waals surface area contributed by atoms with E-state index in [0.29, 0.717) is 28.2 Å². The molecule has 9 nitrogen and oxygen atoms in total. The number of carbonyl (C=O) groups excluding carboxylic acids is 2. The van der Waals surface area contributed by atoms with Gasteiger partial charge < -0.3 is 28.1 Å². The summed E-state index contributed by atoms with van der Waals surface area (Å²) in [6.45, 7) is 17.7. The summed E-state index contributed by atoms with van der Waals surface area (Å²) in [7, 11) is -2.12. The van der Waals surface area contributed by atoms with Crippen LogP contribution in [0.25, 0.3) is 5.57 Å². The lowest BCUT2D eigenvalue weighted by molar-refractivity contribution is -0.153. The molecule has 37 heavy (non-hydrogen) atoms. The van der Waals surface area contributed by atoms with Crippen LogP contribution in [0.2, 0.25) is 18.6 Å². The van der Waals surface area contributed by atoms with Gasteiger partial charge in [0.25, 0.3) is 5.91 Å². The predicted octanol–water partition coefficient (Wildman–Crippen LogP) is 5.09. The monoisotopic (exact) mass is 531 g/mol. The quantitative estimate of drug-likeness (QED) is 0.498. The van der Waals surface area contributed by atoms with Gasteiger partial charge in [-0.05, 0) is 82.6 Å². The molecule has 1 aliphatic carbocycles. The Morgan fingerprint density at radius 2 is 1.68 bits per heavy atom. The minimum atomic E-state index is -2.12. The molecule has 0 N–H and O–H groups in total. The molecule has 1 fully saturated rings. The molecule has 0 bridgehead atoms. The Bertz CT molecular complexity index is 1170. The number of ether oxygens (including phenoxy) is 5. The first-order valence-corrected chi connectivity index (χ1v) is 15.8. The number of imide groups is 1. The van der Waals surface area contributed by atoms with Gasteiger partial charge in [-0.15, -0.1) is 0 Å². The summed E-state index contributed by atoms with van der Waals surface area (Å²) in [6.07, 6.45) is -0.317. The van der Waals surface area contributed by atoms with Crippen LogP contribution < -0.4 is 9.47 Å². The molecular weight excluding hydrogens is 494 g/mol. The second kappa shape index (κ2) is 8.56. The predicted molar refractivity (Wildman–Crippen MR) is 138 cm³/mol. The topological polar surface area (TPSA) is 92.8 Å². The number of rotatable bonds is 3. The van der Waals surface area contributed by atoms with E-state index in [1.807, 2.05) is 26.0 Å². The highest BCUT2D eigenvalue weighted by Gasteiger charge is 2.58. The van der Waals surface area contributed by atoms with Crippen molar-refractivity contribution in [1.82, 2.24) is 4.90 Å². The first-order valence-electron chi connectivity index (χ1n) is 12.8. The molecule has 10 heteroatoms. The number of carbonyl (C=O) groups is 2. The lowest BCUT2D eigenvalue weighted by Gasteiger charge is -2.46. The Morgan fingerprint density at radius 3 is 2.27 bits per heavy atom. The Kier molecular flexibility index (Phi) is 6.06. The van der Waals surface area contributed by atoms with Gasteiger partial charge in [0.05, 0.1) is 17.7 Å². The number of fused-ring (bicyclic) bond motifs is 6. The van der Waals surface area contributed by atoms with Crippen molar-refractivity contribution >= 4 is 25.9 Å². The van der Waals surface area contributed by atoms with E-state index in [1.165, 1.54) is 4.90 Å². The number of hydrogen-bond acceptors (Lipinski definition) is 8. The van der Waals surface area contributed by atoms with Crippen molar-refractivity contribution in [3.8, 4) is 11.5 Å². The summed E-state index contributed by atoms with van der Waals surface area (Å²) in [5.41, 5.74) is 1.33. The smallest absolute Gasteiger partial charge is 0.418 e. The van der Waals surface area contributed by atoms with Gasteiger partial charge in [0.15, 0.2) is 25.6 Å². The molecule has 0 spiro atoms. The van der Waals surface area contributed by atoms with Gasteiger partial charge in [0.1, 0.15) is 17.8 Å². The maximum absolute atomic E-state index is 13.9. The summed E-state index contributed by atoms with van der Waals surface area (Å²) in [5, 5.41) is 0. The highest BCUT2D eigenvalue weighted by atomic mass is 28.4. The van der Waals surface area contributed by atoms with Crippen LogP contribution >= 0.6 is 0 Å². The summed E-state index contributed by atoms with van der Waals surface area (Å²) in [5.74, 6) is -0.390. The molecule has 0 saturated carbocycles. The zero-order valence-corrected chi connectivity index (χ0v) is 24.0. The highest BCUT2D eigenvalue weighted by molar-refractivity contribution is 6.72. The SMILES string of the molecule is CC(C)[Si](C)(C)O[C@H]1C=C2c3cc4c(cc3C(=O)N(C(=O)OC(C)(C)C)[C@H]2[C@@H]2OC(C)(C)O[C@@H]21)OCO4. The van der Waals surface area contributed by atoms with Crippen LogP contribution in [0.5, 0.6) is 11.5 Å². The number of hydrogen-bond donors (Lipinski definition) is 0. The largest absolute Gasteiger partial charge is 0.454 e. The van der Waals surface area contributed by atoms with E-state index in [-0.39, 0.29) is 6.79 Å². The van der Waals surface area contributed by atoms with Crippen molar-refractivity contribution in [3.05, 3.63) is 29.3 Å². The van der Waals surface area contributed by atoms with Gasteiger partial charge in [0, 0.05) is 0 Å². The van der Waals surface area contributed by atoms with E-state index in [9.17, 15) is 9.59 Å². The van der Waals surface area contributed by atoms with E-state index in [2.05, 4.69) is 26.9 Å². The number of benzene rings is 1. The normalized spacial score (nSPS) is 28.0. The van der Waals surface area contributed by atoms with Crippen LogP contribution in [0, 0.1) is 0 Å². The Hall–Kier alpha value is -2.40. The molecule has 5 rings (SSSR count). The van der Waals surface area contributed by atoms with Crippen LogP contribution in [0.4, 0.5) is 4.79 Å². The lowest BCUT2D eigenvalue weighted by atomic mass is 9.78. The maximum Gasteiger partial charge on any atom is 0.418 e. The summed E-state index contributed by atoms with van der Waals surface area (Å²) < 4.78 is 36.4. The molecule has 0 unspecified atom stereocenters. The van der Waals surface area contributed by atoms with E-state index in [1.54, 1.807) is 26.8 Å². The summed E-state index contributed by atoms with van der Waals surface area (Å²) >= 11 is 0. The van der Waals surface area contributed by atoms with Crippen molar-refractivity contribution < 1.29 is 37.7 Å². The molecule has 1 aromatic carbocycles. The van der Waals surface area contributed by atoms with Crippen molar-refractivity contribution in [2.75, 3.05) is 6.79 Å². The molecule has 3 heterocycles. The fourth-order valence-corrected chi connectivity index (χ4v) is 6.28. The average molecular weight is 532 g/mol. The second-order valence-electron chi connectivity index (χ2n) is 12.4. The zero-order chi connectivity index (χ0) is 27.1. The van der Waals surface area contributed by atoms with E-state index >= 15 is 0 Å². The Morgan fingerprint density at radius 1 is 1.08 bits per heavy atom. The fourth-order valence-electron chi connectivity index (χ4n) is 5.11. The third-order valence-electron chi connectivity index (χ3n) is 7.43. The highest BCUT2D eigenvalue weighted by Crippen LogP contribution is 2.49. The standard InChI is InChI=1S/C27H37NO8Si/c1-14(2)37(8,9)36-20-11-16-15-10-18-19(32-13-31-18)12-17(15)24(29)28(25(30)35-26(3,4)5)21(16)23-22(20)33-27(6,7)34-23/h10-12,14,20-23H,13H2,1-9H3/t20-,21+,22+,23-/m0/s1. The second-order valence-corrected chi connectivity index (χ2v) is 17.0. The summed E-state index contributed by atoms with van der Waals surface area (Å²) in [4.78, 5) is 28.7. The summed E-state index contributed by atoms with van der Waals surface area (Å²) in [6, 6.07) is 2.69. The van der Waals surface area contributed by atoms with E-state index in [4.69, 9.17) is 28.1 Å². The van der Waals surface area contributed by atoms with E-state index < -0.39 is 56.1 Å². The van der Waals surface area contributed by atoms with Crippen LogP contribution in [-0.2, 0) is 18.6 Å². The van der Waals surface area contributed by atoms with Gasteiger partial charge in [-0.1, -0.05) is 13.8 Å². The van der Waals surface area contributed by atoms with Crippen molar-refractivity contribution in [2.45, 2.75) is 103 Å². The molecule has 4 atom stereocenters. The van der Waals surface area contributed by atoms with Crippen molar-refractivity contribution in [3.63, 3.8) is 0 Å². The molecule has 4 aliphatic rings. The van der Waals surface area contributed by atoms with Crippen molar-refractivity contribution in [2.24, 2.45) is 0 Å². The van der Waals surface area contributed by atoms with Crippen LogP contribution in [0.1, 0.15) is 64.4 Å². The Balaban J connectivity index is 1.69. The van der Waals surface area contributed by atoms with Gasteiger partial charge in [0.2, 0.25) is 6.79 Å². The average Bonchev–Trinajstić information content (AvgIpc) is 3.34. The molecule has 0 radical (unpaired) electrons. The third kappa shape index (κ3) is 4.58. The lowest BCUT2D eigenvalue weighted by Crippen LogP contribution is -2.61. The van der Waals surface area contributed by atoms with Gasteiger partial charge in [-0.2, -0.15) is 0 Å². The first kappa shape index (κ1) is 26.2. The molecular formula is C27H37NO8Si. The van der Waals surface area contributed by atoms with Gasteiger partial charge in [-0.3, -0.25) is 4.79 Å². The van der Waals surface area contributed by atoms with Gasteiger partial charge >= 0.3 is 6.09 Å². The van der Waals surface area contributed by atoms with Gasteiger partial charge in [-0.25, -0.2) is 9.69 Å². The minimum absolute atomic E-state index is 0.0699. The van der Waals surface area contributed by atoms with Crippen molar-refractivity contribution in [1.29, 1.82) is 0 Å². The zero-order valence-electron chi connectivity index (χ0n) is 23.0. The number of nitrogens with zero attached hydrogens (tertiary/aromatic N) is 1. The first-order chi connectivity index (χ1) is 17.1. The molecule has 1 aromatic rings. The van der Waals surface area contributed by atoms with Crippen LogP contribution in [-0.4, -0.2) is 67.8 Å². The molecule has 0 aromatic heterocycles. The van der Waals surface area contributed by atoms with Crippen LogP contribution in [0.3, 0.4) is 0 Å². The van der Waals surface area contributed by atoms with Crippen LogP contribution in [0.15, 0.2) is 18.2 Å². The molecule has 2 amide bonds. The van der Waals surface area contributed by atoms with E-state index in [0.717, 1.165) is 5.57 Å². The fraction of sp³-hybridized carbons (Fsp3) is 0.630. The maximum atomic E-state index is 13.9. The Labute approximate surface area is 219 Å². The third-order valence-corrected chi connectivity index (χ3v) is 11.1. The molecule has 3 aliphatic heterocycles.